The monoisotopic (exact) mass is 336 g/mol. The molecule has 4 N–H and O–H groups in total. The summed E-state index contributed by atoms with van der Waals surface area (Å²) in [5.41, 5.74) is 9.01. The van der Waals surface area contributed by atoms with Crippen LogP contribution in [-0.2, 0) is 11.3 Å². The van der Waals surface area contributed by atoms with Crippen LogP contribution in [0.2, 0.25) is 0 Å². The molecular formula is C17H25ClN4O. The molecular weight excluding hydrogens is 312 g/mol. The predicted molar refractivity (Wildman–Crippen MR) is 94.5 cm³/mol. The van der Waals surface area contributed by atoms with Gasteiger partial charge in [-0.3, -0.25) is 4.79 Å². The average Bonchev–Trinajstić information content (AvgIpc) is 2.86. The molecule has 5 nitrogen and oxygen atoms in total. The van der Waals surface area contributed by atoms with E-state index >= 15 is 0 Å². The molecule has 0 saturated heterocycles. The van der Waals surface area contributed by atoms with Crippen molar-refractivity contribution in [2.75, 3.05) is 0 Å². The summed E-state index contributed by atoms with van der Waals surface area (Å²) in [6.45, 7) is 4.45. The minimum atomic E-state index is -0.396. The number of rotatable bonds is 3. The first-order valence-electron chi connectivity index (χ1n) is 7.97. The van der Waals surface area contributed by atoms with Gasteiger partial charge >= 0.3 is 0 Å². The van der Waals surface area contributed by atoms with Gasteiger partial charge in [-0.05, 0) is 44.4 Å². The highest BCUT2D eigenvalue weighted by Crippen LogP contribution is 2.31. The summed E-state index contributed by atoms with van der Waals surface area (Å²) in [6.07, 6.45) is 3.97. The van der Waals surface area contributed by atoms with Crippen molar-refractivity contribution in [1.29, 1.82) is 0 Å². The molecule has 1 aromatic carbocycles. The third kappa shape index (κ3) is 3.85. The number of nitrogens with two attached hydrogens (primary N) is 1. The van der Waals surface area contributed by atoms with Crippen LogP contribution >= 0.6 is 12.4 Å². The Balaban J connectivity index is 0.00000192. The van der Waals surface area contributed by atoms with E-state index in [0.717, 1.165) is 42.5 Å². The van der Waals surface area contributed by atoms with Crippen molar-refractivity contribution < 1.29 is 4.79 Å². The molecule has 1 aliphatic carbocycles. The quantitative estimate of drug-likeness (QED) is 0.805. The van der Waals surface area contributed by atoms with Gasteiger partial charge in [0.05, 0.1) is 23.5 Å². The van der Waals surface area contributed by atoms with Crippen molar-refractivity contribution in [3.8, 4) is 0 Å². The van der Waals surface area contributed by atoms with Crippen molar-refractivity contribution in [3.05, 3.63) is 29.6 Å². The molecule has 0 spiro atoms. The number of benzene rings is 1. The summed E-state index contributed by atoms with van der Waals surface area (Å²) in [7, 11) is 0. The SMILES string of the molecule is Cc1ccc2nc(CNC(=O)C3CCCCC3(C)N)[nH]c2c1.Cl. The third-order valence-corrected chi connectivity index (χ3v) is 4.69. The van der Waals surface area contributed by atoms with E-state index in [1.807, 2.05) is 26.0 Å². The minimum absolute atomic E-state index is 0. The van der Waals surface area contributed by atoms with Crippen molar-refractivity contribution in [3.63, 3.8) is 0 Å². The number of amides is 1. The van der Waals surface area contributed by atoms with Crippen LogP contribution in [-0.4, -0.2) is 21.4 Å². The third-order valence-electron chi connectivity index (χ3n) is 4.69. The van der Waals surface area contributed by atoms with E-state index in [-0.39, 0.29) is 24.2 Å². The molecule has 1 saturated carbocycles. The fraction of sp³-hybridized carbons (Fsp3) is 0.529. The predicted octanol–water partition coefficient (Wildman–Crippen LogP) is 2.82. The first kappa shape index (κ1) is 17.8. The number of imidazole rings is 1. The molecule has 0 aliphatic heterocycles. The van der Waals surface area contributed by atoms with Gasteiger partial charge < -0.3 is 16.0 Å². The van der Waals surface area contributed by atoms with Crippen LogP contribution < -0.4 is 11.1 Å². The highest BCUT2D eigenvalue weighted by molar-refractivity contribution is 5.85. The van der Waals surface area contributed by atoms with Crippen LogP contribution in [0, 0.1) is 12.8 Å². The zero-order chi connectivity index (χ0) is 15.7. The fourth-order valence-corrected chi connectivity index (χ4v) is 3.34. The minimum Gasteiger partial charge on any atom is -0.349 e. The van der Waals surface area contributed by atoms with Gasteiger partial charge in [0, 0.05) is 5.54 Å². The number of hydrogen-bond acceptors (Lipinski definition) is 3. The number of carbonyl (C=O) groups is 1. The lowest BCUT2D eigenvalue weighted by atomic mass is 9.74. The lowest BCUT2D eigenvalue weighted by Crippen LogP contribution is -2.52. The van der Waals surface area contributed by atoms with Gasteiger partial charge in [0.2, 0.25) is 5.91 Å². The summed E-state index contributed by atoms with van der Waals surface area (Å²) < 4.78 is 0. The van der Waals surface area contributed by atoms with Crippen LogP contribution in [0.5, 0.6) is 0 Å². The van der Waals surface area contributed by atoms with Crippen molar-refractivity contribution in [1.82, 2.24) is 15.3 Å². The molecule has 2 atom stereocenters. The number of aryl methyl sites for hydroxylation is 1. The highest BCUT2D eigenvalue weighted by Gasteiger charge is 2.37. The maximum Gasteiger partial charge on any atom is 0.225 e. The summed E-state index contributed by atoms with van der Waals surface area (Å²) in [4.78, 5) is 20.2. The average molecular weight is 337 g/mol. The van der Waals surface area contributed by atoms with Gasteiger partial charge in [-0.25, -0.2) is 4.98 Å². The van der Waals surface area contributed by atoms with Gasteiger partial charge in [0.15, 0.2) is 0 Å². The van der Waals surface area contributed by atoms with Gasteiger partial charge in [-0.2, -0.15) is 0 Å². The van der Waals surface area contributed by atoms with Crippen LogP contribution in [0.25, 0.3) is 11.0 Å². The standard InChI is InChI=1S/C17H24N4O.ClH/c1-11-6-7-13-14(9-11)21-15(20-13)10-19-16(22)12-5-3-4-8-17(12,2)18;/h6-7,9,12H,3-5,8,10,18H2,1-2H3,(H,19,22)(H,20,21);1H. The van der Waals surface area contributed by atoms with Gasteiger partial charge in [0.25, 0.3) is 0 Å². The van der Waals surface area contributed by atoms with Crippen molar-refractivity contribution in [2.24, 2.45) is 11.7 Å². The van der Waals surface area contributed by atoms with Crippen LogP contribution in [0.4, 0.5) is 0 Å². The Labute approximate surface area is 142 Å². The van der Waals surface area contributed by atoms with E-state index in [9.17, 15) is 4.79 Å². The van der Waals surface area contributed by atoms with E-state index in [1.54, 1.807) is 0 Å². The van der Waals surface area contributed by atoms with Gasteiger partial charge in [-0.1, -0.05) is 18.9 Å². The van der Waals surface area contributed by atoms with Gasteiger partial charge in [0.1, 0.15) is 5.82 Å². The van der Waals surface area contributed by atoms with Gasteiger partial charge in [-0.15, -0.1) is 12.4 Å². The Kier molecular flexibility index (Phi) is 5.32. The molecule has 2 unspecified atom stereocenters. The fourth-order valence-electron chi connectivity index (χ4n) is 3.34. The molecule has 0 bridgehead atoms. The van der Waals surface area contributed by atoms with Crippen molar-refractivity contribution >= 4 is 29.3 Å². The van der Waals surface area contributed by atoms with E-state index < -0.39 is 5.54 Å². The molecule has 1 heterocycles. The second-order valence-electron chi connectivity index (χ2n) is 6.73. The molecule has 126 valence electrons. The number of carbonyl (C=O) groups excluding carboxylic acids is 1. The van der Waals surface area contributed by atoms with E-state index in [1.165, 1.54) is 5.56 Å². The summed E-state index contributed by atoms with van der Waals surface area (Å²) in [6, 6.07) is 6.09. The highest BCUT2D eigenvalue weighted by atomic mass is 35.5. The first-order chi connectivity index (χ1) is 10.5. The zero-order valence-electron chi connectivity index (χ0n) is 13.7. The lowest BCUT2D eigenvalue weighted by Gasteiger charge is -2.37. The summed E-state index contributed by atoms with van der Waals surface area (Å²) in [5.74, 6) is 0.720. The van der Waals surface area contributed by atoms with E-state index in [4.69, 9.17) is 5.73 Å². The maximum absolute atomic E-state index is 12.4. The topological polar surface area (TPSA) is 83.8 Å². The lowest BCUT2D eigenvalue weighted by molar-refractivity contribution is -0.128. The number of aromatic amines is 1. The zero-order valence-corrected chi connectivity index (χ0v) is 14.5. The largest absolute Gasteiger partial charge is 0.349 e. The molecule has 2 aromatic rings. The molecule has 6 heteroatoms. The number of aromatic nitrogens is 2. The number of nitrogens with zero attached hydrogens (tertiary/aromatic N) is 1. The normalized spacial score (nSPS) is 24.2. The Morgan fingerprint density at radius 1 is 1.48 bits per heavy atom. The number of H-pyrrole nitrogens is 1. The number of fused-ring (bicyclic) bond motifs is 1. The first-order valence-corrected chi connectivity index (χ1v) is 7.97. The molecule has 0 radical (unpaired) electrons. The smallest absolute Gasteiger partial charge is 0.225 e. The second-order valence-corrected chi connectivity index (χ2v) is 6.73. The number of nitrogens with one attached hydrogen (secondary N) is 2. The van der Waals surface area contributed by atoms with E-state index in [2.05, 4.69) is 21.4 Å². The Bertz CT molecular complexity index is 695. The Morgan fingerprint density at radius 3 is 3.00 bits per heavy atom. The molecule has 23 heavy (non-hydrogen) atoms. The molecule has 1 fully saturated rings. The van der Waals surface area contributed by atoms with Crippen LogP contribution in [0.15, 0.2) is 18.2 Å². The molecule has 1 amide bonds. The van der Waals surface area contributed by atoms with Crippen LogP contribution in [0.3, 0.4) is 0 Å². The Morgan fingerprint density at radius 2 is 2.26 bits per heavy atom. The number of hydrogen-bond donors (Lipinski definition) is 3. The Hall–Kier alpha value is -1.59. The summed E-state index contributed by atoms with van der Waals surface area (Å²) >= 11 is 0. The van der Waals surface area contributed by atoms with Crippen molar-refractivity contribution in [2.45, 2.75) is 51.6 Å². The molecule has 3 rings (SSSR count). The maximum atomic E-state index is 12.4. The molecule has 1 aliphatic rings. The number of halogens is 1. The summed E-state index contributed by atoms with van der Waals surface area (Å²) in [5, 5.41) is 2.99. The van der Waals surface area contributed by atoms with E-state index in [0.29, 0.717) is 6.54 Å². The molecule has 1 aromatic heterocycles. The van der Waals surface area contributed by atoms with Crippen LogP contribution in [0.1, 0.15) is 44.0 Å². The second kappa shape index (κ2) is 6.89.